The lowest BCUT2D eigenvalue weighted by atomic mass is 10.3. The van der Waals surface area contributed by atoms with Crippen molar-refractivity contribution in [2.75, 3.05) is 11.1 Å². The fraction of sp³-hybridized carbons (Fsp3) is 0.150. The summed E-state index contributed by atoms with van der Waals surface area (Å²) in [4.78, 5) is 33.0. The summed E-state index contributed by atoms with van der Waals surface area (Å²) in [7, 11) is 0. The molecule has 5 nitrogen and oxygen atoms in total. The van der Waals surface area contributed by atoms with Crippen molar-refractivity contribution in [2.24, 2.45) is 0 Å². The van der Waals surface area contributed by atoms with Crippen molar-refractivity contribution in [3.8, 4) is 0 Å². The highest BCUT2D eigenvalue weighted by Gasteiger charge is 2.10. The molecule has 1 aromatic heterocycles. The highest BCUT2D eigenvalue weighted by molar-refractivity contribution is 8.00. The van der Waals surface area contributed by atoms with E-state index in [1.54, 1.807) is 11.8 Å². The normalized spacial score (nSPS) is 10.6. The van der Waals surface area contributed by atoms with Gasteiger partial charge < -0.3 is 10.3 Å². The van der Waals surface area contributed by atoms with Crippen LogP contribution in [0.25, 0.3) is 0 Å². The van der Waals surface area contributed by atoms with E-state index in [0.717, 1.165) is 15.5 Å². The highest BCUT2D eigenvalue weighted by Crippen LogP contribution is 2.33. The van der Waals surface area contributed by atoms with E-state index < -0.39 is 0 Å². The maximum absolute atomic E-state index is 12.4. The van der Waals surface area contributed by atoms with Gasteiger partial charge in [-0.3, -0.25) is 9.59 Å². The number of hydrogen-bond donors (Lipinski definition) is 2. The Morgan fingerprint density at radius 2 is 1.85 bits per heavy atom. The molecule has 0 atom stereocenters. The van der Waals surface area contributed by atoms with Crippen molar-refractivity contribution >= 4 is 35.1 Å². The van der Waals surface area contributed by atoms with Gasteiger partial charge >= 0.3 is 0 Å². The van der Waals surface area contributed by atoms with E-state index in [1.165, 1.54) is 17.8 Å². The number of anilines is 1. The van der Waals surface area contributed by atoms with E-state index in [2.05, 4.69) is 15.3 Å². The van der Waals surface area contributed by atoms with Crippen LogP contribution in [0.2, 0.25) is 0 Å². The van der Waals surface area contributed by atoms with Crippen molar-refractivity contribution in [3.05, 3.63) is 76.7 Å². The van der Waals surface area contributed by atoms with Crippen molar-refractivity contribution in [3.63, 3.8) is 0 Å². The molecule has 138 valence electrons. The zero-order valence-electron chi connectivity index (χ0n) is 14.8. The van der Waals surface area contributed by atoms with E-state index in [4.69, 9.17) is 0 Å². The molecule has 27 heavy (non-hydrogen) atoms. The fourth-order valence-corrected chi connectivity index (χ4v) is 3.94. The van der Waals surface area contributed by atoms with Crippen LogP contribution in [0.5, 0.6) is 0 Å². The summed E-state index contributed by atoms with van der Waals surface area (Å²) in [6, 6.07) is 19.2. The zero-order valence-corrected chi connectivity index (χ0v) is 16.4. The molecule has 0 spiro atoms. The Bertz CT molecular complexity index is 974. The highest BCUT2D eigenvalue weighted by atomic mass is 32.2. The van der Waals surface area contributed by atoms with Crippen LogP contribution >= 0.6 is 23.5 Å². The number of aryl methyl sites for hydroxylation is 1. The summed E-state index contributed by atoms with van der Waals surface area (Å²) in [6.45, 7) is 1.93. The van der Waals surface area contributed by atoms with Gasteiger partial charge in [-0.1, -0.05) is 60.8 Å². The van der Waals surface area contributed by atoms with Gasteiger partial charge in [0.1, 0.15) is 0 Å². The molecule has 0 saturated heterocycles. The Morgan fingerprint density at radius 3 is 2.63 bits per heavy atom. The molecule has 0 radical (unpaired) electrons. The van der Waals surface area contributed by atoms with Gasteiger partial charge in [0, 0.05) is 21.6 Å². The molecule has 0 unspecified atom stereocenters. The zero-order chi connectivity index (χ0) is 19.1. The molecule has 3 rings (SSSR count). The monoisotopic (exact) mass is 397 g/mol. The average Bonchev–Trinajstić information content (AvgIpc) is 2.68. The van der Waals surface area contributed by atoms with Crippen LogP contribution in [-0.2, 0) is 11.2 Å². The Morgan fingerprint density at radius 1 is 1.11 bits per heavy atom. The number of amides is 1. The molecule has 1 amide bonds. The number of benzene rings is 2. The van der Waals surface area contributed by atoms with Crippen LogP contribution in [-0.4, -0.2) is 21.6 Å². The lowest BCUT2D eigenvalue weighted by Gasteiger charge is -2.10. The average molecular weight is 398 g/mol. The topological polar surface area (TPSA) is 74.8 Å². The number of hydrogen-bond acceptors (Lipinski definition) is 5. The van der Waals surface area contributed by atoms with Crippen LogP contribution in [0.1, 0.15) is 12.6 Å². The van der Waals surface area contributed by atoms with Crippen LogP contribution in [0.4, 0.5) is 5.69 Å². The minimum atomic E-state index is -0.200. The molecule has 7 heteroatoms. The van der Waals surface area contributed by atoms with E-state index in [9.17, 15) is 9.59 Å². The third-order valence-corrected chi connectivity index (χ3v) is 5.56. The quantitative estimate of drug-likeness (QED) is 0.461. The van der Waals surface area contributed by atoms with E-state index in [-0.39, 0.29) is 17.2 Å². The number of carbonyl (C=O) groups is 1. The van der Waals surface area contributed by atoms with Crippen LogP contribution in [0.3, 0.4) is 0 Å². The van der Waals surface area contributed by atoms with Gasteiger partial charge in [-0.15, -0.1) is 0 Å². The molecule has 0 aliphatic rings. The second-order valence-corrected chi connectivity index (χ2v) is 7.72. The van der Waals surface area contributed by atoms with Gasteiger partial charge in [0.2, 0.25) is 5.91 Å². The van der Waals surface area contributed by atoms with Crippen molar-refractivity contribution in [2.45, 2.75) is 28.3 Å². The first-order valence-electron chi connectivity index (χ1n) is 8.49. The van der Waals surface area contributed by atoms with Crippen molar-refractivity contribution in [1.82, 2.24) is 9.97 Å². The first kappa shape index (κ1) is 19.3. The maximum atomic E-state index is 12.4. The largest absolute Gasteiger partial charge is 0.324 e. The number of nitrogens with one attached hydrogen (secondary N) is 2. The molecule has 0 bridgehead atoms. The Hall–Kier alpha value is -2.51. The maximum Gasteiger partial charge on any atom is 0.251 e. The number of rotatable bonds is 7. The van der Waals surface area contributed by atoms with Crippen LogP contribution in [0, 0.1) is 0 Å². The van der Waals surface area contributed by atoms with E-state index in [1.807, 2.05) is 61.5 Å². The van der Waals surface area contributed by atoms with Crippen molar-refractivity contribution in [1.29, 1.82) is 0 Å². The summed E-state index contributed by atoms with van der Waals surface area (Å²) in [5, 5.41) is 3.40. The molecule has 2 aromatic carbocycles. The molecule has 3 aromatic rings. The molecule has 0 saturated carbocycles. The minimum absolute atomic E-state index is 0.148. The summed E-state index contributed by atoms with van der Waals surface area (Å²) in [5.74, 6) is 0.0196. The lowest BCUT2D eigenvalue weighted by Crippen LogP contribution is -2.16. The van der Waals surface area contributed by atoms with E-state index in [0.29, 0.717) is 17.3 Å². The summed E-state index contributed by atoms with van der Waals surface area (Å²) in [6.07, 6.45) is 0.674. The minimum Gasteiger partial charge on any atom is -0.324 e. The number of aromatic nitrogens is 2. The van der Waals surface area contributed by atoms with Crippen LogP contribution < -0.4 is 10.9 Å². The Kier molecular flexibility index (Phi) is 6.73. The first-order chi connectivity index (χ1) is 13.1. The van der Waals surface area contributed by atoms with Gasteiger partial charge in [-0.2, -0.15) is 0 Å². The number of aromatic amines is 1. The van der Waals surface area contributed by atoms with E-state index >= 15 is 0 Å². The second-order valence-electron chi connectivity index (χ2n) is 5.64. The fourth-order valence-electron chi connectivity index (χ4n) is 2.33. The van der Waals surface area contributed by atoms with Crippen LogP contribution in [0.15, 0.2) is 80.4 Å². The molecule has 1 heterocycles. The number of carbonyl (C=O) groups excluding carboxylic acids is 1. The lowest BCUT2D eigenvalue weighted by molar-refractivity contribution is -0.113. The van der Waals surface area contributed by atoms with Gasteiger partial charge in [0.25, 0.3) is 5.56 Å². The molecule has 0 aliphatic heterocycles. The molecule has 0 fully saturated rings. The third kappa shape index (κ3) is 5.74. The predicted octanol–water partition coefficient (Wildman–Crippen LogP) is 4.21. The predicted molar refractivity (Wildman–Crippen MR) is 111 cm³/mol. The van der Waals surface area contributed by atoms with Gasteiger partial charge in [-0.25, -0.2) is 4.98 Å². The molecule has 0 aliphatic carbocycles. The molecular weight excluding hydrogens is 378 g/mol. The van der Waals surface area contributed by atoms with Crippen molar-refractivity contribution < 1.29 is 4.79 Å². The summed E-state index contributed by atoms with van der Waals surface area (Å²) < 4.78 is 0. The van der Waals surface area contributed by atoms with Gasteiger partial charge in [0.05, 0.1) is 11.4 Å². The standard InChI is InChI=1S/C20H19N3O2S2/c1-2-14-12-18(24)23-20(21-14)26-13-19(25)22-16-10-6-7-11-17(16)27-15-8-4-3-5-9-15/h3-12H,2,13H2,1H3,(H,22,25)(H,21,23,24). The first-order valence-corrected chi connectivity index (χ1v) is 10.3. The Balaban J connectivity index is 1.64. The summed E-state index contributed by atoms with van der Waals surface area (Å²) >= 11 is 2.81. The Labute approximate surface area is 166 Å². The van der Waals surface area contributed by atoms with Gasteiger partial charge in [-0.05, 0) is 30.7 Å². The third-order valence-electron chi connectivity index (χ3n) is 3.61. The number of nitrogens with zero attached hydrogens (tertiary/aromatic N) is 1. The molecular formula is C20H19N3O2S2. The smallest absolute Gasteiger partial charge is 0.251 e. The number of thioether (sulfide) groups is 1. The number of H-pyrrole nitrogens is 1. The SMILES string of the molecule is CCc1cc(=O)[nH]c(SCC(=O)Nc2ccccc2Sc2ccccc2)n1. The summed E-state index contributed by atoms with van der Waals surface area (Å²) in [5.41, 5.74) is 1.28. The number of para-hydroxylation sites is 1. The second kappa shape index (κ2) is 9.43. The van der Waals surface area contributed by atoms with Gasteiger partial charge in [0.15, 0.2) is 5.16 Å². The molecule has 2 N–H and O–H groups in total.